The molecule has 0 bridgehead atoms. The number of allylic oxidation sites excluding steroid dienone is 8. The monoisotopic (exact) mass is 967 g/mol. The first kappa shape index (κ1) is 66.4. The Hall–Kier alpha value is -2.63. The van der Waals surface area contributed by atoms with Crippen LogP contribution in [0.25, 0.3) is 0 Å². The van der Waals surface area contributed by atoms with Crippen molar-refractivity contribution in [2.24, 2.45) is 0 Å². The zero-order chi connectivity index (χ0) is 50.0. The smallest absolute Gasteiger partial charge is 0.306 e. The first-order valence-electron chi connectivity index (χ1n) is 30.1. The van der Waals surface area contributed by atoms with Gasteiger partial charge in [-0.15, -0.1) is 0 Å². The van der Waals surface area contributed by atoms with Crippen molar-refractivity contribution in [3.05, 3.63) is 48.6 Å². The van der Waals surface area contributed by atoms with Gasteiger partial charge in [-0.3, -0.25) is 14.4 Å². The molecule has 0 aliphatic heterocycles. The van der Waals surface area contributed by atoms with E-state index < -0.39 is 6.10 Å². The maximum atomic E-state index is 12.9. The van der Waals surface area contributed by atoms with Crippen LogP contribution in [0.3, 0.4) is 0 Å². The van der Waals surface area contributed by atoms with E-state index in [0.717, 1.165) is 89.9 Å². The number of carbonyl (C=O) groups is 3. The molecule has 0 amide bonds. The highest BCUT2D eigenvalue weighted by Crippen LogP contribution is 2.16. The molecule has 0 aliphatic carbocycles. The van der Waals surface area contributed by atoms with Crippen molar-refractivity contribution in [3.8, 4) is 0 Å². The van der Waals surface area contributed by atoms with Gasteiger partial charge in [-0.2, -0.15) is 0 Å². The zero-order valence-electron chi connectivity index (χ0n) is 46.1. The van der Waals surface area contributed by atoms with Crippen LogP contribution >= 0.6 is 0 Å². The second-order valence-electron chi connectivity index (χ2n) is 20.2. The summed E-state index contributed by atoms with van der Waals surface area (Å²) in [5.41, 5.74) is 0. The number of hydrogen-bond donors (Lipinski definition) is 0. The Kier molecular flexibility index (Phi) is 55.7. The van der Waals surface area contributed by atoms with Crippen LogP contribution in [0, 0.1) is 0 Å². The summed E-state index contributed by atoms with van der Waals surface area (Å²) in [7, 11) is 0. The molecule has 0 fully saturated rings. The molecule has 0 radical (unpaired) electrons. The molecule has 0 saturated heterocycles. The first-order chi connectivity index (χ1) is 34.0. The second kappa shape index (κ2) is 57.9. The lowest BCUT2D eigenvalue weighted by molar-refractivity contribution is -0.167. The average Bonchev–Trinajstić information content (AvgIpc) is 3.35. The van der Waals surface area contributed by atoms with Crippen LogP contribution in [0.1, 0.15) is 316 Å². The summed E-state index contributed by atoms with van der Waals surface area (Å²) >= 11 is 0. The Bertz CT molecular complexity index is 1200. The van der Waals surface area contributed by atoms with Gasteiger partial charge in [-0.1, -0.05) is 243 Å². The van der Waals surface area contributed by atoms with E-state index in [1.165, 1.54) is 186 Å². The summed E-state index contributed by atoms with van der Waals surface area (Å²) in [6, 6.07) is 0. The molecular weight excluding hydrogens is 853 g/mol. The van der Waals surface area contributed by atoms with Crippen molar-refractivity contribution in [2.75, 3.05) is 13.2 Å². The first-order valence-corrected chi connectivity index (χ1v) is 30.1. The van der Waals surface area contributed by atoms with Gasteiger partial charge in [-0.25, -0.2) is 0 Å². The third kappa shape index (κ3) is 56.2. The molecule has 0 saturated carbocycles. The fourth-order valence-corrected chi connectivity index (χ4v) is 8.70. The van der Waals surface area contributed by atoms with E-state index in [9.17, 15) is 14.4 Å². The Balaban J connectivity index is 4.34. The number of esters is 3. The summed E-state index contributed by atoms with van der Waals surface area (Å²) in [5.74, 6) is -0.888. The van der Waals surface area contributed by atoms with Crippen molar-refractivity contribution in [3.63, 3.8) is 0 Å². The van der Waals surface area contributed by atoms with Crippen LogP contribution in [-0.4, -0.2) is 37.2 Å². The topological polar surface area (TPSA) is 78.9 Å². The van der Waals surface area contributed by atoms with Crippen LogP contribution in [0.2, 0.25) is 0 Å². The minimum Gasteiger partial charge on any atom is -0.462 e. The number of rotatable bonds is 55. The molecule has 0 aromatic rings. The maximum Gasteiger partial charge on any atom is 0.306 e. The van der Waals surface area contributed by atoms with E-state index in [2.05, 4.69) is 69.4 Å². The largest absolute Gasteiger partial charge is 0.462 e. The standard InChI is InChI=1S/C63H114O6/c1-4-7-10-13-16-19-22-25-28-29-30-31-32-33-36-38-41-44-47-50-53-56-62(65)68-59-60(69-63(66)57-54-51-48-45-42-39-35-27-24-21-18-15-12-9-6-3)58-67-61(64)55-52-49-46-43-40-37-34-26-23-20-17-14-11-8-5-2/h18,21,25-28,34-35,60H,4-17,19-20,22-24,29-33,36-59H2,1-3H3/b21-18-,28-25-,34-26-,35-27-/t60-/m0/s1. The molecule has 0 aromatic carbocycles. The van der Waals surface area contributed by atoms with E-state index in [-0.39, 0.29) is 31.1 Å². The van der Waals surface area contributed by atoms with Crippen molar-refractivity contribution >= 4 is 17.9 Å². The molecule has 1 atom stereocenters. The summed E-state index contributed by atoms with van der Waals surface area (Å²) in [6.07, 6.45) is 71.0. The van der Waals surface area contributed by atoms with Gasteiger partial charge in [0.25, 0.3) is 0 Å². The lowest BCUT2D eigenvalue weighted by atomic mass is 10.0. The highest BCUT2D eigenvalue weighted by atomic mass is 16.6. The SMILES string of the molecule is CCCCC/C=C\C/C=C\CCCCCCCC(=O)O[C@@H](COC(=O)CCCCCCC/C=C\CCCCCCCC)COC(=O)CCCCCCCCCCCCC/C=C\CCCCCCCC. The number of carbonyl (C=O) groups excluding carboxylic acids is 3. The molecule has 0 aromatic heterocycles. The number of unbranched alkanes of at least 4 members (excludes halogenated alkanes) is 36. The Morgan fingerprint density at radius 2 is 0.522 bits per heavy atom. The third-order valence-corrected chi connectivity index (χ3v) is 13.3. The van der Waals surface area contributed by atoms with Crippen LogP contribution in [0.5, 0.6) is 0 Å². The summed E-state index contributed by atoms with van der Waals surface area (Å²) in [5, 5.41) is 0. The lowest BCUT2D eigenvalue weighted by Crippen LogP contribution is -2.30. The van der Waals surface area contributed by atoms with E-state index in [1.54, 1.807) is 0 Å². The predicted molar refractivity (Wildman–Crippen MR) is 298 cm³/mol. The summed E-state index contributed by atoms with van der Waals surface area (Å²) < 4.78 is 16.9. The van der Waals surface area contributed by atoms with E-state index in [1.807, 2.05) is 0 Å². The zero-order valence-corrected chi connectivity index (χ0v) is 46.1. The highest BCUT2D eigenvalue weighted by molar-refractivity contribution is 5.71. The van der Waals surface area contributed by atoms with E-state index in [0.29, 0.717) is 19.3 Å². The van der Waals surface area contributed by atoms with Crippen LogP contribution in [0.15, 0.2) is 48.6 Å². The van der Waals surface area contributed by atoms with E-state index >= 15 is 0 Å². The van der Waals surface area contributed by atoms with Gasteiger partial charge in [0.1, 0.15) is 13.2 Å². The Labute approximate surface area is 428 Å². The van der Waals surface area contributed by atoms with Gasteiger partial charge >= 0.3 is 17.9 Å². The van der Waals surface area contributed by atoms with Gasteiger partial charge in [0.05, 0.1) is 0 Å². The van der Waals surface area contributed by atoms with Gasteiger partial charge in [0, 0.05) is 19.3 Å². The molecule has 0 rings (SSSR count). The van der Waals surface area contributed by atoms with Gasteiger partial charge in [0.15, 0.2) is 6.10 Å². The normalized spacial score (nSPS) is 12.3. The van der Waals surface area contributed by atoms with Crippen molar-refractivity contribution < 1.29 is 28.6 Å². The fourth-order valence-electron chi connectivity index (χ4n) is 8.70. The van der Waals surface area contributed by atoms with Gasteiger partial charge < -0.3 is 14.2 Å². The highest BCUT2D eigenvalue weighted by Gasteiger charge is 2.19. The van der Waals surface area contributed by atoms with Crippen LogP contribution in [-0.2, 0) is 28.6 Å². The maximum absolute atomic E-state index is 12.9. The average molecular weight is 968 g/mol. The Morgan fingerprint density at radius 1 is 0.290 bits per heavy atom. The van der Waals surface area contributed by atoms with Gasteiger partial charge in [0.2, 0.25) is 0 Å². The minimum absolute atomic E-state index is 0.0800. The summed E-state index contributed by atoms with van der Waals surface area (Å²) in [4.78, 5) is 38.2. The van der Waals surface area contributed by atoms with Crippen LogP contribution in [0.4, 0.5) is 0 Å². The molecular formula is C63H114O6. The van der Waals surface area contributed by atoms with Crippen molar-refractivity contribution in [1.29, 1.82) is 0 Å². The number of hydrogen-bond acceptors (Lipinski definition) is 6. The third-order valence-electron chi connectivity index (χ3n) is 13.3. The molecule has 69 heavy (non-hydrogen) atoms. The molecule has 0 N–H and O–H groups in total. The molecule has 6 heteroatoms. The van der Waals surface area contributed by atoms with Crippen LogP contribution < -0.4 is 0 Å². The number of ether oxygens (including phenoxy) is 3. The molecule has 6 nitrogen and oxygen atoms in total. The summed E-state index contributed by atoms with van der Waals surface area (Å²) in [6.45, 7) is 6.62. The van der Waals surface area contributed by atoms with Crippen molar-refractivity contribution in [1.82, 2.24) is 0 Å². The molecule has 0 heterocycles. The molecule has 0 aliphatic rings. The quantitative estimate of drug-likeness (QED) is 0.0262. The molecule has 0 unspecified atom stereocenters. The van der Waals surface area contributed by atoms with E-state index in [4.69, 9.17) is 14.2 Å². The molecule has 402 valence electrons. The Morgan fingerprint density at radius 3 is 0.841 bits per heavy atom. The predicted octanol–water partition coefficient (Wildman–Crippen LogP) is 20.2. The fraction of sp³-hybridized carbons (Fsp3) is 0.825. The minimum atomic E-state index is -0.783. The molecule has 0 spiro atoms. The lowest BCUT2D eigenvalue weighted by Gasteiger charge is -2.18. The second-order valence-corrected chi connectivity index (χ2v) is 20.2. The van der Waals surface area contributed by atoms with Crippen molar-refractivity contribution in [2.45, 2.75) is 322 Å². The van der Waals surface area contributed by atoms with Gasteiger partial charge in [-0.05, 0) is 103 Å².